The molecule has 0 bridgehead atoms. The summed E-state index contributed by atoms with van der Waals surface area (Å²) in [6.07, 6.45) is -1.23. The summed E-state index contributed by atoms with van der Waals surface area (Å²) in [7, 11) is 0. The van der Waals surface area contributed by atoms with Crippen LogP contribution < -0.4 is 16.2 Å². The van der Waals surface area contributed by atoms with Crippen molar-refractivity contribution in [1.29, 1.82) is 0 Å². The Morgan fingerprint density at radius 3 is 2.52 bits per heavy atom. The number of aromatic nitrogens is 1. The third-order valence-corrected chi connectivity index (χ3v) is 3.48. The molecule has 1 heterocycles. The van der Waals surface area contributed by atoms with E-state index in [0.717, 1.165) is 27.6 Å². The number of hydrogen-bond donors (Lipinski definition) is 4. The summed E-state index contributed by atoms with van der Waals surface area (Å²) in [6, 6.07) is 11.3. The highest BCUT2D eigenvalue weighted by molar-refractivity contribution is 6.09. The van der Waals surface area contributed by atoms with Crippen LogP contribution in [0.25, 0.3) is 21.8 Å². The SMILES string of the molecule is CC(O)C(=O)O.CCOc1cccc2nc3cc(N)ccc3c(N)c12. The lowest BCUT2D eigenvalue weighted by Crippen LogP contribution is -2.13. The van der Waals surface area contributed by atoms with Gasteiger partial charge in [0.2, 0.25) is 0 Å². The van der Waals surface area contributed by atoms with Crippen LogP contribution in [0.5, 0.6) is 5.75 Å². The van der Waals surface area contributed by atoms with Crippen molar-refractivity contribution in [2.45, 2.75) is 20.0 Å². The van der Waals surface area contributed by atoms with Gasteiger partial charge in [-0.05, 0) is 44.2 Å². The number of pyridine rings is 1. The first-order chi connectivity index (χ1) is 11.8. The predicted octanol–water partition coefficient (Wildman–Crippen LogP) is 2.40. The van der Waals surface area contributed by atoms with E-state index in [1.165, 1.54) is 6.92 Å². The van der Waals surface area contributed by atoms with Crippen molar-refractivity contribution in [2.75, 3.05) is 18.1 Å². The maximum atomic E-state index is 9.45. The standard InChI is InChI=1S/C15H15N3O.C3H6O3/c1-2-19-13-5-3-4-11-14(13)15(17)10-7-6-9(16)8-12(10)18-11;1-2(4)3(5)6/h3-8H,2,16H2,1H3,(H2,17,18);2,4H,1H3,(H,5,6). The van der Waals surface area contributed by atoms with Gasteiger partial charge < -0.3 is 26.4 Å². The minimum absolute atomic E-state index is 0.596. The molecule has 1 atom stereocenters. The summed E-state index contributed by atoms with van der Waals surface area (Å²) >= 11 is 0. The Morgan fingerprint density at radius 2 is 1.92 bits per heavy atom. The van der Waals surface area contributed by atoms with E-state index in [2.05, 4.69) is 4.98 Å². The maximum Gasteiger partial charge on any atom is 0.332 e. The van der Waals surface area contributed by atoms with Crippen molar-refractivity contribution in [3.63, 3.8) is 0 Å². The molecule has 0 amide bonds. The molecule has 2 aromatic carbocycles. The zero-order valence-corrected chi connectivity index (χ0v) is 14.1. The number of aliphatic hydroxyl groups is 1. The van der Waals surface area contributed by atoms with Crippen molar-refractivity contribution in [2.24, 2.45) is 0 Å². The summed E-state index contributed by atoms with van der Waals surface area (Å²) in [4.78, 5) is 14.1. The number of nitrogens with zero attached hydrogens (tertiary/aromatic N) is 1. The van der Waals surface area contributed by atoms with Crippen LogP contribution in [0.2, 0.25) is 0 Å². The van der Waals surface area contributed by atoms with E-state index in [0.29, 0.717) is 18.0 Å². The van der Waals surface area contributed by atoms with Gasteiger partial charge in [-0.2, -0.15) is 0 Å². The van der Waals surface area contributed by atoms with Gasteiger partial charge in [-0.3, -0.25) is 0 Å². The van der Waals surface area contributed by atoms with Gasteiger partial charge in [0.1, 0.15) is 11.9 Å². The van der Waals surface area contributed by atoms with E-state index >= 15 is 0 Å². The van der Waals surface area contributed by atoms with Crippen molar-refractivity contribution in [3.05, 3.63) is 36.4 Å². The molecule has 3 aromatic rings. The van der Waals surface area contributed by atoms with Crippen LogP contribution in [-0.2, 0) is 4.79 Å². The summed E-state index contributed by atoms with van der Waals surface area (Å²) in [6.45, 7) is 3.74. The number of benzene rings is 2. The Balaban J connectivity index is 0.000000326. The van der Waals surface area contributed by atoms with Crippen LogP contribution >= 0.6 is 0 Å². The Morgan fingerprint density at radius 1 is 1.24 bits per heavy atom. The molecule has 1 aromatic heterocycles. The van der Waals surface area contributed by atoms with Gasteiger partial charge in [-0.1, -0.05) is 6.07 Å². The van der Waals surface area contributed by atoms with Gasteiger partial charge in [0.05, 0.1) is 28.7 Å². The summed E-state index contributed by atoms with van der Waals surface area (Å²) in [5.41, 5.74) is 15.1. The third-order valence-electron chi connectivity index (χ3n) is 3.48. The summed E-state index contributed by atoms with van der Waals surface area (Å²) in [5.74, 6) is -0.418. The second-order valence-electron chi connectivity index (χ2n) is 5.40. The number of anilines is 2. The lowest BCUT2D eigenvalue weighted by atomic mass is 10.1. The highest BCUT2D eigenvalue weighted by atomic mass is 16.5. The lowest BCUT2D eigenvalue weighted by Gasteiger charge is -2.11. The lowest BCUT2D eigenvalue weighted by molar-refractivity contribution is -0.145. The number of carbonyl (C=O) groups is 1. The average molecular weight is 343 g/mol. The normalized spacial score (nSPS) is 11.6. The van der Waals surface area contributed by atoms with Crippen molar-refractivity contribution >= 4 is 39.1 Å². The number of carboxylic acid groups (broad SMARTS) is 1. The van der Waals surface area contributed by atoms with Crippen molar-refractivity contribution < 1.29 is 19.7 Å². The monoisotopic (exact) mass is 343 g/mol. The fraction of sp³-hybridized carbons (Fsp3) is 0.222. The van der Waals surface area contributed by atoms with E-state index in [4.69, 9.17) is 26.4 Å². The molecule has 0 aliphatic rings. The first-order valence-corrected chi connectivity index (χ1v) is 7.76. The van der Waals surface area contributed by atoms with Gasteiger partial charge in [-0.25, -0.2) is 9.78 Å². The molecule has 0 saturated heterocycles. The molecule has 0 saturated carbocycles. The van der Waals surface area contributed by atoms with Crippen molar-refractivity contribution in [1.82, 2.24) is 4.98 Å². The zero-order valence-electron chi connectivity index (χ0n) is 14.1. The Bertz CT molecular complexity index is 910. The van der Waals surface area contributed by atoms with Gasteiger partial charge in [-0.15, -0.1) is 0 Å². The number of ether oxygens (including phenoxy) is 1. The summed E-state index contributed by atoms with van der Waals surface area (Å²) in [5, 5.41) is 17.5. The molecule has 0 aliphatic carbocycles. The first kappa shape index (κ1) is 18.3. The second kappa shape index (κ2) is 7.67. The highest BCUT2D eigenvalue weighted by Crippen LogP contribution is 2.35. The minimum atomic E-state index is -1.23. The van der Waals surface area contributed by atoms with E-state index < -0.39 is 12.1 Å². The molecule has 7 nitrogen and oxygen atoms in total. The number of nitrogen functional groups attached to an aromatic ring is 2. The number of nitrogens with two attached hydrogens (primary N) is 2. The molecule has 0 aliphatic heterocycles. The van der Waals surface area contributed by atoms with Crippen LogP contribution in [0.1, 0.15) is 13.8 Å². The predicted molar refractivity (Wildman–Crippen MR) is 98.6 cm³/mol. The molecule has 0 spiro atoms. The van der Waals surface area contributed by atoms with Crippen LogP contribution in [-0.4, -0.2) is 33.9 Å². The quantitative estimate of drug-likeness (QED) is 0.424. The average Bonchev–Trinajstić information content (AvgIpc) is 2.55. The van der Waals surface area contributed by atoms with Crippen molar-refractivity contribution in [3.8, 4) is 5.75 Å². The third kappa shape index (κ3) is 4.07. The molecular formula is C18H21N3O4. The van der Waals surface area contributed by atoms with Gasteiger partial charge in [0, 0.05) is 11.1 Å². The maximum absolute atomic E-state index is 9.45. The smallest absolute Gasteiger partial charge is 0.332 e. The van der Waals surface area contributed by atoms with E-state index in [9.17, 15) is 4.79 Å². The minimum Gasteiger partial charge on any atom is -0.493 e. The zero-order chi connectivity index (χ0) is 18.6. The van der Waals surface area contributed by atoms with Gasteiger partial charge in [0.25, 0.3) is 0 Å². The first-order valence-electron chi connectivity index (χ1n) is 7.76. The molecule has 7 heteroatoms. The fourth-order valence-corrected chi connectivity index (χ4v) is 2.29. The molecular weight excluding hydrogens is 322 g/mol. The highest BCUT2D eigenvalue weighted by Gasteiger charge is 2.11. The van der Waals surface area contributed by atoms with E-state index in [1.54, 1.807) is 0 Å². The number of carboxylic acids is 1. The second-order valence-corrected chi connectivity index (χ2v) is 5.40. The topological polar surface area (TPSA) is 132 Å². The fourth-order valence-electron chi connectivity index (χ4n) is 2.29. The number of fused-ring (bicyclic) bond motifs is 2. The number of aliphatic hydroxyl groups excluding tert-OH is 1. The van der Waals surface area contributed by atoms with E-state index in [1.807, 2.05) is 43.3 Å². The van der Waals surface area contributed by atoms with Crippen LogP contribution in [0, 0.1) is 0 Å². The number of hydrogen-bond acceptors (Lipinski definition) is 6. The molecule has 0 fully saturated rings. The molecule has 25 heavy (non-hydrogen) atoms. The van der Waals surface area contributed by atoms with E-state index in [-0.39, 0.29) is 0 Å². The Kier molecular flexibility index (Phi) is 5.61. The van der Waals surface area contributed by atoms with Gasteiger partial charge in [0.15, 0.2) is 0 Å². The molecule has 1 unspecified atom stereocenters. The number of rotatable bonds is 3. The number of aliphatic carboxylic acids is 1. The molecule has 3 rings (SSSR count). The summed E-state index contributed by atoms with van der Waals surface area (Å²) < 4.78 is 5.63. The van der Waals surface area contributed by atoms with Gasteiger partial charge >= 0.3 is 5.97 Å². The Hall–Kier alpha value is -3.06. The largest absolute Gasteiger partial charge is 0.493 e. The molecule has 132 valence electrons. The van der Waals surface area contributed by atoms with Crippen LogP contribution in [0.4, 0.5) is 11.4 Å². The Labute approximate surface area is 144 Å². The van der Waals surface area contributed by atoms with Crippen LogP contribution in [0.3, 0.4) is 0 Å². The van der Waals surface area contributed by atoms with Crippen LogP contribution in [0.15, 0.2) is 36.4 Å². The molecule has 6 N–H and O–H groups in total. The molecule has 0 radical (unpaired) electrons.